The number of anilines is 1. The van der Waals surface area contributed by atoms with Crippen molar-refractivity contribution in [2.45, 2.75) is 25.0 Å². The Morgan fingerprint density at radius 2 is 2.00 bits per heavy atom. The van der Waals surface area contributed by atoms with Gasteiger partial charge in [0.2, 0.25) is 0 Å². The van der Waals surface area contributed by atoms with E-state index in [9.17, 15) is 4.39 Å². The van der Waals surface area contributed by atoms with Gasteiger partial charge in [-0.25, -0.2) is 4.39 Å². The highest BCUT2D eigenvalue weighted by atomic mass is 19.1. The van der Waals surface area contributed by atoms with Gasteiger partial charge in [-0.2, -0.15) is 5.26 Å². The minimum atomic E-state index is -0.387. The molecule has 0 saturated carbocycles. The molecule has 1 heterocycles. The summed E-state index contributed by atoms with van der Waals surface area (Å²) in [6.07, 6.45) is 1.67. The number of rotatable bonds is 3. The number of nitrogens with zero attached hydrogens (tertiary/aromatic N) is 1. The molecule has 0 radical (unpaired) electrons. The first-order valence-electron chi connectivity index (χ1n) is 7.39. The fourth-order valence-corrected chi connectivity index (χ4v) is 2.75. The average Bonchev–Trinajstić information content (AvgIpc) is 2.58. The van der Waals surface area contributed by atoms with E-state index in [0.29, 0.717) is 17.9 Å². The van der Waals surface area contributed by atoms with Crippen LogP contribution >= 0.6 is 0 Å². The fraction of sp³-hybridized carbons (Fsp3) is 0.278. The van der Waals surface area contributed by atoms with Gasteiger partial charge in [0.25, 0.3) is 0 Å². The minimum Gasteiger partial charge on any atom is -0.380 e. The second kappa shape index (κ2) is 6.59. The number of ether oxygens (including phenoxy) is 1. The monoisotopic (exact) mass is 296 g/mol. The maximum absolute atomic E-state index is 14.0. The van der Waals surface area contributed by atoms with Crippen molar-refractivity contribution in [3.05, 3.63) is 65.5 Å². The third kappa shape index (κ3) is 3.26. The van der Waals surface area contributed by atoms with Crippen LogP contribution in [-0.2, 0) is 4.74 Å². The van der Waals surface area contributed by atoms with E-state index >= 15 is 0 Å². The molecule has 3 nitrogen and oxygen atoms in total. The highest BCUT2D eigenvalue weighted by Gasteiger charge is 2.24. The van der Waals surface area contributed by atoms with Gasteiger partial charge >= 0.3 is 0 Å². The number of nitrogens with one attached hydrogen (secondary N) is 1. The summed E-state index contributed by atoms with van der Waals surface area (Å²) in [4.78, 5) is 0. The molecule has 3 rings (SSSR count). The quantitative estimate of drug-likeness (QED) is 0.930. The summed E-state index contributed by atoms with van der Waals surface area (Å²) in [7, 11) is 0. The molecule has 2 unspecified atom stereocenters. The molecule has 0 amide bonds. The molecule has 0 aromatic heterocycles. The van der Waals surface area contributed by atoms with Gasteiger partial charge in [0.05, 0.1) is 23.4 Å². The van der Waals surface area contributed by atoms with E-state index in [4.69, 9.17) is 10.00 Å². The van der Waals surface area contributed by atoms with E-state index in [1.807, 2.05) is 24.3 Å². The standard InChI is InChI=1S/C18H17FN2O/c19-16-10-13(12-20)6-7-17(16)21-15-8-9-22-18(11-15)14-4-2-1-3-5-14/h1-7,10,15,18,21H,8-9,11H2. The van der Waals surface area contributed by atoms with E-state index in [0.717, 1.165) is 18.4 Å². The van der Waals surface area contributed by atoms with Gasteiger partial charge in [-0.15, -0.1) is 0 Å². The second-order valence-corrected chi connectivity index (χ2v) is 5.44. The molecule has 0 spiro atoms. The third-order valence-electron chi connectivity index (χ3n) is 3.91. The van der Waals surface area contributed by atoms with E-state index in [1.165, 1.54) is 6.07 Å². The molecule has 1 fully saturated rings. The lowest BCUT2D eigenvalue weighted by atomic mass is 9.97. The summed E-state index contributed by atoms with van der Waals surface area (Å²) in [5.41, 5.74) is 1.92. The summed E-state index contributed by atoms with van der Waals surface area (Å²) in [5.74, 6) is -0.387. The minimum absolute atomic E-state index is 0.0360. The molecule has 4 heteroatoms. The number of nitriles is 1. The Morgan fingerprint density at radius 1 is 1.18 bits per heavy atom. The lowest BCUT2D eigenvalue weighted by Crippen LogP contribution is -2.30. The van der Waals surface area contributed by atoms with Gasteiger partial charge in [-0.3, -0.25) is 0 Å². The summed E-state index contributed by atoms with van der Waals surface area (Å²) in [5, 5.41) is 12.0. The molecule has 0 aliphatic carbocycles. The van der Waals surface area contributed by atoms with Crippen LogP contribution in [0.25, 0.3) is 0 Å². The fourth-order valence-electron chi connectivity index (χ4n) is 2.75. The molecule has 112 valence electrons. The molecule has 1 aliphatic rings. The van der Waals surface area contributed by atoms with Crippen LogP contribution in [0.15, 0.2) is 48.5 Å². The Bertz CT molecular complexity index is 681. The van der Waals surface area contributed by atoms with Gasteiger partial charge in [0, 0.05) is 12.6 Å². The van der Waals surface area contributed by atoms with Crippen LogP contribution in [0.1, 0.15) is 30.1 Å². The first kappa shape index (κ1) is 14.6. The van der Waals surface area contributed by atoms with Crippen molar-refractivity contribution in [1.29, 1.82) is 5.26 Å². The zero-order valence-electron chi connectivity index (χ0n) is 12.1. The largest absolute Gasteiger partial charge is 0.380 e. The Balaban J connectivity index is 1.69. The third-order valence-corrected chi connectivity index (χ3v) is 3.91. The van der Waals surface area contributed by atoms with Crippen LogP contribution in [-0.4, -0.2) is 12.6 Å². The van der Waals surface area contributed by atoms with Crippen molar-refractivity contribution in [3.63, 3.8) is 0 Å². The summed E-state index contributed by atoms with van der Waals surface area (Å²) >= 11 is 0. The molecule has 1 saturated heterocycles. The smallest absolute Gasteiger partial charge is 0.147 e. The molecule has 2 aromatic rings. The molecule has 22 heavy (non-hydrogen) atoms. The van der Waals surface area contributed by atoms with Crippen LogP contribution in [0.4, 0.5) is 10.1 Å². The summed E-state index contributed by atoms with van der Waals surface area (Å²) in [6.45, 7) is 0.648. The Kier molecular flexibility index (Phi) is 4.36. The topological polar surface area (TPSA) is 45.0 Å². The van der Waals surface area contributed by atoms with Crippen molar-refractivity contribution in [3.8, 4) is 6.07 Å². The van der Waals surface area contributed by atoms with Crippen molar-refractivity contribution >= 4 is 5.69 Å². The summed E-state index contributed by atoms with van der Waals surface area (Å²) in [6, 6.07) is 16.7. The van der Waals surface area contributed by atoms with Gasteiger partial charge in [0.1, 0.15) is 5.82 Å². The van der Waals surface area contributed by atoms with Crippen LogP contribution < -0.4 is 5.32 Å². The normalized spacial score (nSPS) is 21.1. The van der Waals surface area contributed by atoms with Gasteiger partial charge < -0.3 is 10.1 Å². The maximum atomic E-state index is 14.0. The summed E-state index contributed by atoms with van der Waals surface area (Å²) < 4.78 is 19.8. The van der Waals surface area contributed by atoms with Crippen molar-refractivity contribution in [2.24, 2.45) is 0 Å². The SMILES string of the molecule is N#Cc1ccc(NC2CCOC(c3ccccc3)C2)c(F)c1. The van der Waals surface area contributed by atoms with Crippen LogP contribution in [0.5, 0.6) is 0 Å². The lowest BCUT2D eigenvalue weighted by Gasteiger charge is -2.31. The van der Waals surface area contributed by atoms with E-state index in [1.54, 1.807) is 12.1 Å². The average molecular weight is 296 g/mol. The van der Waals surface area contributed by atoms with E-state index in [-0.39, 0.29) is 18.0 Å². The van der Waals surface area contributed by atoms with Crippen LogP contribution in [0, 0.1) is 17.1 Å². The highest BCUT2D eigenvalue weighted by Crippen LogP contribution is 2.30. The van der Waals surface area contributed by atoms with Crippen molar-refractivity contribution < 1.29 is 9.13 Å². The first-order chi connectivity index (χ1) is 10.8. The predicted octanol–water partition coefficient (Wildman–Crippen LogP) is 4.03. The Morgan fingerprint density at radius 3 is 2.73 bits per heavy atom. The zero-order valence-corrected chi connectivity index (χ0v) is 12.1. The second-order valence-electron chi connectivity index (χ2n) is 5.44. The van der Waals surface area contributed by atoms with E-state index < -0.39 is 0 Å². The molecule has 2 atom stereocenters. The zero-order chi connectivity index (χ0) is 15.4. The molecule has 1 aliphatic heterocycles. The lowest BCUT2D eigenvalue weighted by molar-refractivity contribution is 0.00975. The molecule has 2 aromatic carbocycles. The number of benzene rings is 2. The number of hydrogen-bond donors (Lipinski definition) is 1. The molecular weight excluding hydrogens is 279 g/mol. The number of hydrogen-bond acceptors (Lipinski definition) is 3. The van der Waals surface area contributed by atoms with Crippen LogP contribution in [0.2, 0.25) is 0 Å². The molecular formula is C18H17FN2O. The van der Waals surface area contributed by atoms with Gasteiger partial charge in [-0.1, -0.05) is 30.3 Å². The molecule has 1 N–H and O–H groups in total. The maximum Gasteiger partial charge on any atom is 0.147 e. The van der Waals surface area contributed by atoms with Crippen LogP contribution in [0.3, 0.4) is 0 Å². The molecule has 0 bridgehead atoms. The first-order valence-corrected chi connectivity index (χ1v) is 7.39. The van der Waals surface area contributed by atoms with Crippen molar-refractivity contribution in [2.75, 3.05) is 11.9 Å². The van der Waals surface area contributed by atoms with E-state index in [2.05, 4.69) is 17.4 Å². The number of halogens is 1. The van der Waals surface area contributed by atoms with Gasteiger partial charge in [0.15, 0.2) is 0 Å². The Hall–Kier alpha value is -2.38. The predicted molar refractivity (Wildman–Crippen MR) is 82.9 cm³/mol. The van der Waals surface area contributed by atoms with Crippen molar-refractivity contribution in [1.82, 2.24) is 0 Å². The highest BCUT2D eigenvalue weighted by molar-refractivity contribution is 5.49. The Labute approximate surface area is 129 Å². The van der Waals surface area contributed by atoms with Gasteiger partial charge in [-0.05, 0) is 36.6 Å².